The summed E-state index contributed by atoms with van der Waals surface area (Å²) in [5, 5.41) is 0. The van der Waals surface area contributed by atoms with Crippen LogP contribution in [0.25, 0.3) is 11.4 Å². The Morgan fingerprint density at radius 1 is 0.941 bits per heavy atom. The minimum atomic E-state index is 0.497. The van der Waals surface area contributed by atoms with Crippen molar-refractivity contribution in [1.29, 1.82) is 0 Å². The Hall–Kier alpha value is -1.54. The summed E-state index contributed by atoms with van der Waals surface area (Å²) in [6.45, 7) is 0. The maximum absolute atomic E-state index is 5.11. The van der Waals surface area contributed by atoms with E-state index in [0.717, 1.165) is 5.56 Å². The van der Waals surface area contributed by atoms with Crippen LogP contribution in [-0.4, -0.2) is 41.0 Å². The van der Waals surface area contributed by atoms with Gasteiger partial charge in [0.2, 0.25) is 0 Å². The van der Waals surface area contributed by atoms with Crippen LogP contribution in [0.2, 0.25) is 0 Å². The molecule has 1 aromatic carbocycles. The molecule has 1 atom stereocenters. The summed E-state index contributed by atoms with van der Waals surface area (Å²) < 4.78 is 11.5. The fraction of sp³-hybridized carbons (Fsp3) is 0.167. The Morgan fingerprint density at radius 3 is 1.94 bits per heavy atom. The standard InChI is InChI=1S/C12H13AsN2O2/c1-16-10-7-11(17-2)15-12(14-10)8-3-5-9(13)6-4-8/h3-7H,13H2,1-2H3. The molecule has 5 heteroatoms. The summed E-state index contributed by atoms with van der Waals surface area (Å²) in [7, 11) is 3.15. The number of hydrogen-bond donors (Lipinski definition) is 0. The van der Waals surface area contributed by atoms with E-state index >= 15 is 0 Å². The molecule has 4 nitrogen and oxygen atoms in total. The van der Waals surface area contributed by atoms with Gasteiger partial charge < -0.3 is 0 Å². The van der Waals surface area contributed by atoms with E-state index in [1.807, 2.05) is 24.3 Å². The van der Waals surface area contributed by atoms with E-state index in [9.17, 15) is 0 Å². The van der Waals surface area contributed by atoms with Gasteiger partial charge in [0.05, 0.1) is 0 Å². The summed E-state index contributed by atoms with van der Waals surface area (Å²) in [4.78, 5) is 8.58. The second kappa shape index (κ2) is 5.19. The van der Waals surface area contributed by atoms with Crippen molar-refractivity contribution in [3.63, 3.8) is 0 Å². The van der Waals surface area contributed by atoms with E-state index in [0.29, 0.717) is 17.6 Å². The molecular formula is C12H13AsN2O2. The molecule has 0 fully saturated rings. The molecule has 0 amide bonds. The molecule has 0 bridgehead atoms. The zero-order valence-electron chi connectivity index (χ0n) is 9.68. The Kier molecular flexibility index (Phi) is 3.64. The van der Waals surface area contributed by atoms with Crippen LogP contribution < -0.4 is 13.8 Å². The zero-order chi connectivity index (χ0) is 12.3. The van der Waals surface area contributed by atoms with Crippen molar-refractivity contribution in [2.24, 2.45) is 0 Å². The molecular weight excluding hydrogens is 279 g/mol. The molecule has 0 saturated heterocycles. The molecule has 0 spiro atoms. The summed E-state index contributed by atoms with van der Waals surface area (Å²) in [5.41, 5.74) is 0.948. The van der Waals surface area contributed by atoms with E-state index in [1.165, 1.54) is 4.35 Å². The van der Waals surface area contributed by atoms with Gasteiger partial charge >= 0.3 is 108 Å². The molecule has 1 unspecified atom stereocenters. The van der Waals surface area contributed by atoms with Crippen molar-refractivity contribution in [2.45, 2.75) is 0 Å². The molecule has 0 saturated carbocycles. The summed E-state index contributed by atoms with van der Waals surface area (Å²) in [5.74, 6) is 1.60. The van der Waals surface area contributed by atoms with Crippen LogP contribution in [0.5, 0.6) is 11.8 Å². The van der Waals surface area contributed by atoms with E-state index < -0.39 is 0 Å². The molecule has 17 heavy (non-hydrogen) atoms. The van der Waals surface area contributed by atoms with E-state index in [1.54, 1.807) is 37.1 Å². The van der Waals surface area contributed by atoms with Crippen molar-refractivity contribution in [3.8, 4) is 23.1 Å². The molecule has 0 aliphatic carbocycles. The first-order valence-electron chi connectivity index (χ1n) is 5.06. The number of methoxy groups -OCH3 is 2. The third kappa shape index (κ3) is 2.77. The van der Waals surface area contributed by atoms with Gasteiger partial charge in [-0.05, 0) is 0 Å². The van der Waals surface area contributed by atoms with Crippen molar-refractivity contribution in [3.05, 3.63) is 30.3 Å². The number of nitrogens with zero attached hydrogens (tertiary/aromatic N) is 2. The predicted molar refractivity (Wildman–Crippen MR) is 68.8 cm³/mol. The number of ether oxygens (including phenoxy) is 2. The number of rotatable bonds is 3. The van der Waals surface area contributed by atoms with Gasteiger partial charge in [-0.1, -0.05) is 0 Å². The van der Waals surface area contributed by atoms with Gasteiger partial charge in [-0.2, -0.15) is 0 Å². The summed E-state index contributed by atoms with van der Waals surface area (Å²) >= 11 is 1.59. The van der Waals surface area contributed by atoms with Crippen molar-refractivity contribution < 1.29 is 9.47 Å². The molecule has 0 radical (unpaired) electrons. The van der Waals surface area contributed by atoms with Crippen molar-refractivity contribution in [1.82, 2.24) is 9.97 Å². The fourth-order valence-electron chi connectivity index (χ4n) is 1.37. The molecule has 0 aliphatic heterocycles. The molecule has 88 valence electrons. The van der Waals surface area contributed by atoms with Gasteiger partial charge in [-0.15, -0.1) is 0 Å². The SMILES string of the molecule is COc1cc(OC)nc(-c2ccc([AsH2])cc2)n1. The predicted octanol–water partition coefficient (Wildman–Crippen LogP) is 0.419. The molecule has 2 rings (SSSR count). The first-order valence-corrected chi connectivity index (χ1v) is 6.27. The zero-order valence-corrected chi connectivity index (χ0v) is 12.1. The fourth-order valence-corrected chi connectivity index (χ4v) is 1.78. The van der Waals surface area contributed by atoms with E-state index in [2.05, 4.69) is 9.97 Å². The average Bonchev–Trinajstić information content (AvgIpc) is 2.39. The Labute approximate surface area is 109 Å². The number of aromatic nitrogens is 2. The Morgan fingerprint density at radius 2 is 1.47 bits per heavy atom. The van der Waals surface area contributed by atoms with Gasteiger partial charge in [-0.25, -0.2) is 0 Å². The van der Waals surface area contributed by atoms with Gasteiger partial charge in [0, 0.05) is 0 Å². The minimum absolute atomic E-state index is 0.497. The normalized spacial score (nSPS) is 10.1. The average molecular weight is 292 g/mol. The van der Waals surface area contributed by atoms with E-state index in [4.69, 9.17) is 9.47 Å². The summed E-state index contributed by atoms with van der Waals surface area (Å²) in [6.07, 6.45) is 0. The summed E-state index contributed by atoms with van der Waals surface area (Å²) in [6, 6.07) is 9.73. The second-order valence-corrected chi connectivity index (χ2v) is 4.80. The van der Waals surface area contributed by atoms with Crippen LogP contribution in [0, 0.1) is 0 Å². The Balaban J connectivity index is 2.46. The van der Waals surface area contributed by atoms with Crippen LogP contribution in [0.4, 0.5) is 0 Å². The topological polar surface area (TPSA) is 44.2 Å². The monoisotopic (exact) mass is 292 g/mol. The third-order valence-electron chi connectivity index (χ3n) is 2.27. The van der Waals surface area contributed by atoms with E-state index in [-0.39, 0.29) is 0 Å². The van der Waals surface area contributed by atoms with Crippen LogP contribution >= 0.6 is 0 Å². The molecule has 0 N–H and O–H groups in total. The molecule has 1 heterocycles. The van der Waals surface area contributed by atoms with Crippen molar-refractivity contribution in [2.75, 3.05) is 14.2 Å². The quantitative estimate of drug-likeness (QED) is 0.769. The van der Waals surface area contributed by atoms with Crippen LogP contribution in [0.15, 0.2) is 30.3 Å². The van der Waals surface area contributed by atoms with Gasteiger partial charge in [0.15, 0.2) is 0 Å². The first kappa shape index (κ1) is 11.9. The van der Waals surface area contributed by atoms with Gasteiger partial charge in [0.1, 0.15) is 0 Å². The molecule has 1 aromatic heterocycles. The number of hydrogen-bond acceptors (Lipinski definition) is 4. The van der Waals surface area contributed by atoms with Gasteiger partial charge in [0.25, 0.3) is 0 Å². The number of benzene rings is 1. The van der Waals surface area contributed by atoms with Crippen LogP contribution in [-0.2, 0) is 0 Å². The second-order valence-electron chi connectivity index (χ2n) is 3.40. The first-order chi connectivity index (χ1) is 8.22. The third-order valence-corrected chi connectivity index (χ3v) is 3.07. The maximum atomic E-state index is 5.11. The van der Waals surface area contributed by atoms with Crippen molar-refractivity contribution >= 4 is 21.2 Å². The molecule has 0 aliphatic rings. The van der Waals surface area contributed by atoms with Gasteiger partial charge in [-0.3, -0.25) is 0 Å². The Bertz CT molecular complexity index is 492. The van der Waals surface area contributed by atoms with Crippen LogP contribution in [0.3, 0.4) is 0 Å². The van der Waals surface area contributed by atoms with Crippen LogP contribution in [0.1, 0.15) is 0 Å². The molecule has 2 aromatic rings.